The van der Waals surface area contributed by atoms with Crippen LogP contribution < -0.4 is 4.74 Å². The van der Waals surface area contributed by atoms with Gasteiger partial charge in [-0.2, -0.15) is 5.10 Å². The summed E-state index contributed by atoms with van der Waals surface area (Å²) in [5.74, 6) is 0.524. The number of aromatic nitrogens is 6. The van der Waals surface area contributed by atoms with Crippen molar-refractivity contribution in [3.8, 4) is 16.9 Å². The summed E-state index contributed by atoms with van der Waals surface area (Å²) in [6.07, 6.45) is 9.41. The van der Waals surface area contributed by atoms with Crippen LogP contribution in [0.15, 0.2) is 43.1 Å². The number of nitrogens with zero attached hydrogens (tertiary/aromatic N) is 7. The number of halogens is 1. The van der Waals surface area contributed by atoms with Crippen molar-refractivity contribution in [2.24, 2.45) is 7.05 Å². The van der Waals surface area contributed by atoms with Crippen LogP contribution in [0, 0.1) is 5.82 Å². The number of fused-ring (bicyclic) bond motifs is 2. The number of ether oxygens (including phenoxy) is 2. The lowest BCUT2D eigenvalue weighted by Gasteiger charge is -2.34. The molecule has 0 aromatic carbocycles. The number of rotatable bonds is 7. The maximum atomic E-state index is 14.8. The Morgan fingerprint density at radius 3 is 2.76 bits per heavy atom. The van der Waals surface area contributed by atoms with E-state index in [2.05, 4.69) is 20.3 Å². The van der Waals surface area contributed by atoms with E-state index in [1.165, 1.54) is 6.07 Å². The molecule has 0 amide bonds. The zero-order chi connectivity index (χ0) is 23.8. The van der Waals surface area contributed by atoms with E-state index in [0.717, 1.165) is 5.56 Å². The highest BCUT2D eigenvalue weighted by Crippen LogP contribution is 2.36. The molecule has 0 fully saturated rings. The van der Waals surface area contributed by atoms with E-state index >= 15 is 0 Å². The molecule has 1 unspecified atom stereocenters. The highest BCUT2D eigenvalue weighted by atomic mass is 19.1. The van der Waals surface area contributed by atoms with E-state index in [1.807, 2.05) is 13.0 Å². The number of aryl methyl sites for hydroxylation is 1. The number of aliphatic hydroxyl groups is 1. The molecule has 2 atom stereocenters. The molecule has 0 bridgehead atoms. The lowest BCUT2D eigenvalue weighted by atomic mass is 10.1. The molecular weight excluding hydrogens is 441 g/mol. The van der Waals surface area contributed by atoms with E-state index in [4.69, 9.17) is 9.47 Å². The van der Waals surface area contributed by atoms with Crippen molar-refractivity contribution in [3.05, 3.63) is 66.0 Å². The van der Waals surface area contributed by atoms with Crippen LogP contribution >= 0.6 is 0 Å². The molecule has 0 radical (unpaired) electrons. The molecule has 4 aromatic heterocycles. The third-order valence-electron chi connectivity index (χ3n) is 5.79. The Labute approximate surface area is 194 Å². The van der Waals surface area contributed by atoms with Gasteiger partial charge in [-0.15, -0.1) is 10.2 Å². The zero-order valence-corrected chi connectivity index (χ0v) is 19.0. The van der Waals surface area contributed by atoms with E-state index in [-0.39, 0.29) is 5.65 Å². The second-order valence-corrected chi connectivity index (χ2v) is 8.03. The summed E-state index contributed by atoms with van der Waals surface area (Å²) in [5.41, 5.74) is 2.77. The van der Waals surface area contributed by atoms with Crippen molar-refractivity contribution in [3.63, 3.8) is 0 Å². The minimum Gasteiger partial charge on any atom is -0.490 e. The Morgan fingerprint density at radius 1 is 1.15 bits per heavy atom. The molecule has 1 N–H and O–H groups in total. The quantitative estimate of drug-likeness (QED) is 0.416. The molecule has 5 rings (SSSR count). The first-order valence-electron chi connectivity index (χ1n) is 10.7. The molecule has 5 heterocycles. The molecule has 0 saturated carbocycles. The van der Waals surface area contributed by atoms with Crippen LogP contribution in [0.4, 0.5) is 4.39 Å². The van der Waals surface area contributed by atoms with Gasteiger partial charge in [-0.3, -0.25) is 14.1 Å². The summed E-state index contributed by atoms with van der Waals surface area (Å²) < 4.78 is 28.8. The first kappa shape index (κ1) is 22.0. The maximum Gasteiger partial charge on any atom is 0.197 e. The van der Waals surface area contributed by atoms with Crippen LogP contribution in [0.25, 0.3) is 22.9 Å². The Morgan fingerprint density at radius 2 is 2.00 bits per heavy atom. The van der Waals surface area contributed by atoms with Crippen LogP contribution in [0.2, 0.25) is 0 Å². The number of methoxy groups -OCH3 is 1. The summed E-state index contributed by atoms with van der Waals surface area (Å²) in [7, 11) is 3.40. The molecule has 4 aromatic rings. The summed E-state index contributed by atoms with van der Waals surface area (Å²) in [6.45, 7) is 2.69. The van der Waals surface area contributed by atoms with Gasteiger partial charge in [0.15, 0.2) is 23.5 Å². The van der Waals surface area contributed by atoms with E-state index < -0.39 is 18.1 Å². The van der Waals surface area contributed by atoms with Gasteiger partial charge in [-0.25, -0.2) is 4.39 Å². The highest BCUT2D eigenvalue weighted by molar-refractivity contribution is 5.63. The molecule has 34 heavy (non-hydrogen) atoms. The maximum absolute atomic E-state index is 14.8. The average molecular weight is 465 g/mol. The van der Waals surface area contributed by atoms with Crippen LogP contribution in [-0.2, 0) is 11.8 Å². The normalized spacial score (nSPS) is 16.1. The van der Waals surface area contributed by atoms with Crippen LogP contribution in [0.5, 0.6) is 5.75 Å². The average Bonchev–Trinajstić information content (AvgIpc) is 3.46. The predicted octanol–water partition coefficient (Wildman–Crippen LogP) is 2.73. The molecule has 0 aliphatic carbocycles. The van der Waals surface area contributed by atoms with Gasteiger partial charge in [0.1, 0.15) is 12.4 Å². The van der Waals surface area contributed by atoms with Crippen LogP contribution in [0.3, 0.4) is 0 Å². The van der Waals surface area contributed by atoms with Crippen molar-refractivity contribution < 1.29 is 19.0 Å². The lowest BCUT2D eigenvalue weighted by molar-refractivity contribution is 0.00787. The number of aliphatic hydroxyl groups excluding tert-OH is 1. The smallest absolute Gasteiger partial charge is 0.197 e. The fourth-order valence-corrected chi connectivity index (χ4v) is 4.00. The molecule has 1 aliphatic rings. The summed E-state index contributed by atoms with van der Waals surface area (Å²) in [5, 5.41) is 23.6. The molecule has 176 valence electrons. The second-order valence-electron chi connectivity index (χ2n) is 8.03. The van der Waals surface area contributed by atoms with Crippen molar-refractivity contribution in [1.29, 1.82) is 0 Å². The number of hydrogen-bond donors (Lipinski definition) is 1. The predicted molar refractivity (Wildman–Crippen MR) is 121 cm³/mol. The molecule has 0 spiro atoms. The molecule has 1 aliphatic heterocycles. The molecule has 10 nitrogen and oxygen atoms in total. The van der Waals surface area contributed by atoms with Gasteiger partial charge in [0.05, 0.1) is 30.7 Å². The van der Waals surface area contributed by atoms with E-state index in [9.17, 15) is 9.50 Å². The third-order valence-corrected chi connectivity index (χ3v) is 5.79. The van der Waals surface area contributed by atoms with Gasteiger partial charge in [-0.05, 0) is 25.1 Å². The van der Waals surface area contributed by atoms with Crippen LogP contribution in [0.1, 0.15) is 36.3 Å². The SMILES string of the molecule is COCCOc1cnc2c(c1)C(O)N([C@H](C)c1nnc3c(F)cc(-c4cnn(C)c4)cn13)C=C2. The van der Waals surface area contributed by atoms with Crippen molar-refractivity contribution >= 4 is 11.7 Å². The first-order valence-corrected chi connectivity index (χ1v) is 10.7. The molecule has 0 saturated heterocycles. The number of hydrogen-bond acceptors (Lipinski definition) is 8. The Kier molecular flexibility index (Phi) is 5.72. The summed E-state index contributed by atoms with van der Waals surface area (Å²) >= 11 is 0. The van der Waals surface area contributed by atoms with Crippen molar-refractivity contribution in [1.82, 2.24) is 34.3 Å². The fraction of sp³-hybridized carbons (Fsp3) is 0.304. The number of pyridine rings is 2. The summed E-state index contributed by atoms with van der Waals surface area (Å²) in [6, 6.07) is 2.74. The first-order chi connectivity index (χ1) is 16.5. The van der Waals surface area contributed by atoms with E-state index in [1.54, 1.807) is 65.2 Å². The monoisotopic (exact) mass is 465 g/mol. The Bertz CT molecular complexity index is 1370. The Balaban J connectivity index is 1.47. The largest absolute Gasteiger partial charge is 0.490 e. The topological polar surface area (TPSA) is 103 Å². The lowest BCUT2D eigenvalue weighted by Crippen LogP contribution is -2.30. The van der Waals surface area contributed by atoms with Crippen LogP contribution in [-0.4, -0.2) is 59.7 Å². The standard InChI is InChI=1S/C23H24FN7O3/c1-14(30-5-4-20-18(23(30)32)9-17(11-25-20)34-7-6-33-3)21-27-28-22-19(24)8-15(13-31(21)22)16-10-26-29(2)12-16/h4-5,8-14,23,32H,6-7H2,1-3H3/t14-,23?/m1/s1. The second kappa shape index (κ2) is 8.84. The van der Waals surface area contributed by atoms with Gasteiger partial charge in [-0.1, -0.05) is 0 Å². The zero-order valence-electron chi connectivity index (χ0n) is 19.0. The van der Waals surface area contributed by atoms with Gasteiger partial charge in [0, 0.05) is 49.4 Å². The minimum absolute atomic E-state index is 0.112. The summed E-state index contributed by atoms with van der Waals surface area (Å²) in [4.78, 5) is 6.10. The third kappa shape index (κ3) is 3.88. The van der Waals surface area contributed by atoms with E-state index in [0.29, 0.717) is 41.6 Å². The highest BCUT2D eigenvalue weighted by Gasteiger charge is 2.30. The minimum atomic E-state index is -1.01. The Hall–Kier alpha value is -3.83. The molecule has 11 heteroatoms. The van der Waals surface area contributed by atoms with Crippen molar-refractivity contribution in [2.45, 2.75) is 19.2 Å². The van der Waals surface area contributed by atoms with Crippen molar-refractivity contribution in [2.75, 3.05) is 20.3 Å². The fourth-order valence-electron chi connectivity index (χ4n) is 4.00. The molecular formula is C23H24FN7O3. The van der Waals surface area contributed by atoms with Gasteiger partial charge < -0.3 is 19.5 Å². The van der Waals surface area contributed by atoms with Gasteiger partial charge in [0.25, 0.3) is 0 Å². The van der Waals surface area contributed by atoms with Gasteiger partial charge >= 0.3 is 0 Å². The van der Waals surface area contributed by atoms with Gasteiger partial charge in [0.2, 0.25) is 0 Å².